The van der Waals surface area contributed by atoms with Crippen molar-refractivity contribution in [3.05, 3.63) is 32.6 Å². The van der Waals surface area contributed by atoms with E-state index in [0.717, 1.165) is 6.07 Å². The summed E-state index contributed by atoms with van der Waals surface area (Å²) in [6, 6.07) is 1.08. The molecule has 1 heterocycles. The minimum Gasteiger partial charge on any atom is -0.393 e. The van der Waals surface area contributed by atoms with Crippen molar-refractivity contribution in [1.82, 2.24) is 9.97 Å². The van der Waals surface area contributed by atoms with Gasteiger partial charge in [-0.2, -0.15) is 0 Å². The highest BCUT2D eigenvalue weighted by Crippen LogP contribution is 2.08. The highest BCUT2D eigenvalue weighted by molar-refractivity contribution is 5.03. The average molecular weight is 216 g/mol. The number of aromatic amines is 2. The third kappa shape index (κ3) is 3.01. The molecule has 0 saturated carbocycles. The lowest BCUT2D eigenvalue weighted by atomic mass is 10.00. The SMILES string of the molecule is O=c1cc(CC(O)(CO)CO)[nH]c(=O)[nH]1. The van der Waals surface area contributed by atoms with Crippen molar-refractivity contribution in [3.8, 4) is 0 Å². The van der Waals surface area contributed by atoms with Crippen LogP contribution in [0, 0.1) is 0 Å². The first-order valence-corrected chi connectivity index (χ1v) is 4.26. The van der Waals surface area contributed by atoms with E-state index in [1.165, 1.54) is 0 Å². The number of H-pyrrole nitrogens is 2. The molecule has 1 rings (SSSR count). The number of aliphatic hydroxyl groups excluding tert-OH is 2. The zero-order chi connectivity index (χ0) is 11.5. The van der Waals surface area contributed by atoms with Crippen LogP contribution in [-0.4, -0.2) is 44.1 Å². The van der Waals surface area contributed by atoms with E-state index in [0.29, 0.717) is 0 Å². The van der Waals surface area contributed by atoms with Crippen molar-refractivity contribution < 1.29 is 15.3 Å². The molecule has 0 aliphatic rings. The van der Waals surface area contributed by atoms with E-state index in [9.17, 15) is 14.7 Å². The standard InChI is InChI=1S/C8H12N2O5/c11-3-8(15,4-12)2-5-1-6(13)10-7(14)9-5/h1,11-12,15H,2-4H2,(H2,9,10,13,14). The molecule has 0 spiro atoms. The molecule has 0 radical (unpaired) electrons. The molecule has 0 saturated heterocycles. The fourth-order valence-corrected chi connectivity index (χ4v) is 1.13. The Kier molecular flexibility index (Phi) is 3.40. The lowest BCUT2D eigenvalue weighted by Gasteiger charge is -2.22. The number of rotatable bonds is 4. The van der Waals surface area contributed by atoms with Crippen LogP contribution < -0.4 is 11.2 Å². The first-order valence-electron chi connectivity index (χ1n) is 4.26. The first-order chi connectivity index (χ1) is 6.99. The monoisotopic (exact) mass is 216 g/mol. The van der Waals surface area contributed by atoms with E-state index in [2.05, 4.69) is 4.98 Å². The molecule has 1 aromatic rings. The Hall–Kier alpha value is -1.44. The Morgan fingerprint density at radius 3 is 2.27 bits per heavy atom. The summed E-state index contributed by atoms with van der Waals surface area (Å²) in [7, 11) is 0. The maximum Gasteiger partial charge on any atom is 0.325 e. The Bertz CT molecular complexity index is 403. The lowest BCUT2D eigenvalue weighted by molar-refractivity contribution is -0.0546. The Morgan fingerprint density at radius 1 is 1.20 bits per heavy atom. The van der Waals surface area contributed by atoms with Crippen LogP contribution in [0.4, 0.5) is 0 Å². The molecule has 0 aromatic carbocycles. The molecule has 0 amide bonds. The van der Waals surface area contributed by atoms with Crippen LogP contribution >= 0.6 is 0 Å². The van der Waals surface area contributed by atoms with Gasteiger partial charge in [0.15, 0.2) is 0 Å². The smallest absolute Gasteiger partial charge is 0.325 e. The molecule has 0 fully saturated rings. The van der Waals surface area contributed by atoms with Gasteiger partial charge in [0.25, 0.3) is 5.56 Å². The van der Waals surface area contributed by atoms with E-state index in [1.54, 1.807) is 0 Å². The van der Waals surface area contributed by atoms with Gasteiger partial charge in [-0.05, 0) is 0 Å². The fourth-order valence-electron chi connectivity index (χ4n) is 1.13. The number of hydrogen-bond acceptors (Lipinski definition) is 5. The summed E-state index contributed by atoms with van der Waals surface area (Å²) in [4.78, 5) is 26.0. The van der Waals surface area contributed by atoms with Crippen LogP contribution in [0.2, 0.25) is 0 Å². The molecule has 7 nitrogen and oxygen atoms in total. The minimum atomic E-state index is -1.74. The van der Waals surface area contributed by atoms with Gasteiger partial charge in [-0.15, -0.1) is 0 Å². The summed E-state index contributed by atoms with van der Waals surface area (Å²) in [6.07, 6.45) is -0.209. The van der Waals surface area contributed by atoms with Crippen LogP contribution in [0.25, 0.3) is 0 Å². The van der Waals surface area contributed by atoms with E-state index in [4.69, 9.17) is 10.2 Å². The second-order valence-corrected chi connectivity index (χ2v) is 3.33. The summed E-state index contributed by atoms with van der Waals surface area (Å²) in [5.41, 5.74) is -2.89. The number of nitrogens with one attached hydrogen (secondary N) is 2. The second kappa shape index (κ2) is 4.39. The Balaban J connectivity index is 2.98. The third-order valence-electron chi connectivity index (χ3n) is 1.92. The van der Waals surface area contributed by atoms with Crippen LogP contribution in [-0.2, 0) is 6.42 Å². The molecule has 84 valence electrons. The van der Waals surface area contributed by atoms with Crippen LogP contribution in [0.1, 0.15) is 5.69 Å². The fraction of sp³-hybridized carbons (Fsp3) is 0.500. The minimum absolute atomic E-state index is 0.148. The second-order valence-electron chi connectivity index (χ2n) is 3.33. The van der Waals surface area contributed by atoms with E-state index < -0.39 is 30.1 Å². The summed E-state index contributed by atoms with van der Waals surface area (Å²) in [5, 5.41) is 27.1. The Labute approximate surface area is 84.0 Å². The molecule has 7 heteroatoms. The van der Waals surface area contributed by atoms with Gasteiger partial charge in [0.1, 0.15) is 5.60 Å². The molecular formula is C8H12N2O5. The number of aliphatic hydroxyl groups is 3. The summed E-state index contributed by atoms with van der Waals surface area (Å²) < 4.78 is 0. The van der Waals surface area contributed by atoms with Gasteiger partial charge in [-0.3, -0.25) is 9.78 Å². The molecule has 0 aliphatic heterocycles. The van der Waals surface area contributed by atoms with Crippen LogP contribution in [0.3, 0.4) is 0 Å². The van der Waals surface area contributed by atoms with Crippen molar-refractivity contribution in [3.63, 3.8) is 0 Å². The molecule has 0 atom stereocenters. The van der Waals surface area contributed by atoms with Gasteiger partial charge < -0.3 is 20.3 Å². The molecule has 5 N–H and O–H groups in total. The number of aromatic nitrogens is 2. The molecular weight excluding hydrogens is 204 g/mol. The van der Waals surface area contributed by atoms with Crippen molar-refractivity contribution in [1.29, 1.82) is 0 Å². The summed E-state index contributed by atoms with van der Waals surface area (Å²) in [5.74, 6) is 0. The van der Waals surface area contributed by atoms with Crippen molar-refractivity contribution >= 4 is 0 Å². The summed E-state index contributed by atoms with van der Waals surface area (Å²) in [6.45, 7) is -1.34. The first kappa shape index (κ1) is 11.6. The Morgan fingerprint density at radius 2 is 1.80 bits per heavy atom. The average Bonchev–Trinajstić information content (AvgIpc) is 2.16. The van der Waals surface area contributed by atoms with E-state index in [-0.39, 0.29) is 12.1 Å². The van der Waals surface area contributed by atoms with Gasteiger partial charge >= 0.3 is 5.69 Å². The van der Waals surface area contributed by atoms with Crippen LogP contribution in [0.5, 0.6) is 0 Å². The lowest BCUT2D eigenvalue weighted by Crippen LogP contribution is -2.41. The van der Waals surface area contributed by atoms with Gasteiger partial charge in [0, 0.05) is 18.2 Å². The zero-order valence-corrected chi connectivity index (χ0v) is 7.86. The normalized spacial score (nSPS) is 11.7. The highest BCUT2D eigenvalue weighted by atomic mass is 16.4. The van der Waals surface area contributed by atoms with Crippen LogP contribution in [0.15, 0.2) is 15.7 Å². The number of hydrogen-bond donors (Lipinski definition) is 5. The topological polar surface area (TPSA) is 126 Å². The maximum atomic E-state index is 10.9. The van der Waals surface area contributed by atoms with Gasteiger partial charge in [-0.25, -0.2) is 4.79 Å². The predicted octanol–water partition coefficient (Wildman–Crippen LogP) is -2.68. The predicted molar refractivity (Wildman–Crippen MR) is 50.5 cm³/mol. The van der Waals surface area contributed by atoms with Gasteiger partial charge in [0.2, 0.25) is 0 Å². The van der Waals surface area contributed by atoms with Crippen molar-refractivity contribution in [2.75, 3.05) is 13.2 Å². The van der Waals surface area contributed by atoms with E-state index >= 15 is 0 Å². The van der Waals surface area contributed by atoms with Crippen molar-refractivity contribution in [2.24, 2.45) is 0 Å². The van der Waals surface area contributed by atoms with Gasteiger partial charge in [-0.1, -0.05) is 0 Å². The van der Waals surface area contributed by atoms with Crippen molar-refractivity contribution in [2.45, 2.75) is 12.0 Å². The molecule has 0 unspecified atom stereocenters. The molecule has 0 aliphatic carbocycles. The zero-order valence-electron chi connectivity index (χ0n) is 7.86. The quantitative estimate of drug-likeness (QED) is 0.375. The molecule has 15 heavy (non-hydrogen) atoms. The van der Waals surface area contributed by atoms with Gasteiger partial charge in [0.05, 0.1) is 13.2 Å². The summed E-state index contributed by atoms with van der Waals surface area (Å²) >= 11 is 0. The molecule has 1 aromatic heterocycles. The van der Waals surface area contributed by atoms with E-state index in [1.807, 2.05) is 4.98 Å². The highest BCUT2D eigenvalue weighted by Gasteiger charge is 2.26. The maximum absolute atomic E-state index is 10.9. The molecule has 0 bridgehead atoms. The largest absolute Gasteiger partial charge is 0.393 e. The third-order valence-corrected chi connectivity index (χ3v) is 1.92.